The molecule has 6 aromatic rings. The van der Waals surface area contributed by atoms with Gasteiger partial charge in [-0.25, -0.2) is 4.98 Å². The minimum atomic E-state index is 0.0846. The third kappa shape index (κ3) is 14.8. The molecule has 11 heteroatoms. The molecule has 4 aromatic heterocycles. The van der Waals surface area contributed by atoms with E-state index >= 15 is 0 Å². The summed E-state index contributed by atoms with van der Waals surface area (Å²) < 4.78 is 1.23. The first kappa shape index (κ1) is 48.0. The van der Waals surface area contributed by atoms with Crippen LogP contribution in [0.25, 0.3) is 0 Å². The fourth-order valence-corrected chi connectivity index (χ4v) is 10.8. The van der Waals surface area contributed by atoms with Gasteiger partial charge in [-0.1, -0.05) is 65.7 Å². The second kappa shape index (κ2) is 24.5. The number of ketones is 2. The fourth-order valence-electron chi connectivity index (χ4n) is 8.57. The van der Waals surface area contributed by atoms with Gasteiger partial charge in [0.05, 0.1) is 15.6 Å². The zero-order valence-corrected chi connectivity index (χ0v) is 41.4. The van der Waals surface area contributed by atoms with E-state index in [0.717, 1.165) is 76.9 Å². The third-order valence-corrected chi connectivity index (χ3v) is 15.2. The minimum Gasteiger partial charge on any atom is -0.314 e. The predicted octanol–water partition coefficient (Wildman–Crippen LogP) is 10.9. The first-order valence-electron chi connectivity index (χ1n) is 23.0. The second-order valence-corrected chi connectivity index (χ2v) is 20.9. The van der Waals surface area contributed by atoms with E-state index in [4.69, 9.17) is 0 Å². The van der Waals surface area contributed by atoms with Crippen molar-refractivity contribution >= 4 is 56.8 Å². The molecule has 5 aliphatic rings. The maximum absolute atomic E-state index is 12.4. The average molecular weight is 1010 g/mol. The van der Waals surface area contributed by atoms with Crippen LogP contribution in [0, 0.1) is 36.2 Å². The normalized spacial score (nSPS) is 20.5. The number of hydrogen-bond acceptors (Lipinski definition) is 10. The molecule has 0 aliphatic carbocycles. The highest BCUT2D eigenvalue weighted by atomic mass is 127. The van der Waals surface area contributed by atoms with Gasteiger partial charge in [0.1, 0.15) is 0 Å². The molecule has 336 valence electrons. The lowest BCUT2D eigenvalue weighted by molar-refractivity contribution is 0.0441. The Kier molecular flexibility index (Phi) is 18.4. The van der Waals surface area contributed by atoms with Gasteiger partial charge in [-0.05, 0) is 173 Å². The van der Waals surface area contributed by atoms with Gasteiger partial charge in [0, 0.05) is 76.3 Å². The van der Waals surface area contributed by atoms with Gasteiger partial charge in [0.25, 0.3) is 0 Å². The molecule has 11 rings (SSSR count). The number of carbonyl (C=O) groups excluding carboxylic acids is 2. The highest BCUT2D eigenvalue weighted by molar-refractivity contribution is 14.1. The highest BCUT2D eigenvalue weighted by Crippen LogP contribution is 2.35. The number of aromatic nitrogens is 3. The molecule has 3 atom stereocenters. The Hall–Kier alpha value is -3.98. The van der Waals surface area contributed by atoms with E-state index in [-0.39, 0.29) is 5.78 Å². The molecule has 5 saturated heterocycles. The standard InChI is InChI=1S/C17H15NOS2.C16H21NO.C10H13IN2.C10H14N2/c1-11-3-5-13(6-4-11)9-15-18-12(2)17(21-15)16(19)14-7-8-20-10-14;1-12-2-4-14(5-3-12)16(18)10-15-11-17-8-6-13(15)7-9-17;11-9-5-8(6-12-7-9)1-2-10-3-4-13-10;1-2-9(8-11-6-1)3-4-10-5-7-12-10/h3-8,10H,9H2,1-2H3;2-5,13,15H,6-11H2,1H3;5-7,10,13H,1-4H2;1-2,6,8,10,12H,3-5,7H2/t;15-;2*10-/m.011/s1. The summed E-state index contributed by atoms with van der Waals surface area (Å²) in [5.74, 6) is 1.81. The van der Waals surface area contributed by atoms with Crippen molar-refractivity contribution in [2.45, 2.75) is 97.1 Å². The van der Waals surface area contributed by atoms with Crippen LogP contribution < -0.4 is 10.6 Å². The smallest absolute Gasteiger partial charge is 0.205 e. The van der Waals surface area contributed by atoms with Gasteiger partial charge in [-0.3, -0.25) is 19.6 Å². The van der Waals surface area contributed by atoms with E-state index in [9.17, 15) is 9.59 Å². The van der Waals surface area contributed by atoms with Crippen LogP contribution >= 0.6 is 45.3 Å². The van der Waals surface area contributed by atoms with Crippen molar-refractivity contribution in [3.05, 3.63) is 166 Å². The Bertz CT molecular complexity index is 2340. The van der Waals surface area contributed by atoms with E-state index in [1.165, 1.54) is 107 Å². The number of hydrogen-bond donors (Lipinski definition) is 2. The van der Waals surface area contributed by atoms with Crippen molar-refractivity contribution in [1.82, 2.24) is 30.5 Å². The van der Waals surface area contributed by atoms with Crippen molar-refractivity contribution in [1.29, 1.82) is 0 Å². The summed E-state index contributed by atoms with van der Waals surface area (Å²) in [5.41, 5.74) is 8.89. The van der Waals surface area contributed by atoms with E-state index in [1.807, 2.05) is 78.9 Å². The first-order chi connectivity index (χ1) is 31.1. The van der Waals surface area contributed by atoms with Crippen molar-refractivity contribution < 1.29 is 9.59 Å². The lowest BCUT2D eigenvalue weighted by atomic mass is 9.76. The first-order valence-corrected chi connectivity index (χ1v) is 25.8. The summed E-state index contributed by atoms with van der Waals surface area (Å²) in [6.45, 7) is 12.1. The number of thiazole rings is 1. The summed E-state index contributed by atoms with van der Waals surface area (Å²) >= 11 is 5.36. The minimum absolute atomic E-state index is 0.0846. The molecule has 8 nitrogen and oxygen atoms in total. The largest absolute Gasteiger partial charge is 0.314 e. The number of fused-ring (bicyclic) bond motifs is 3. The number of piperidine rings is 3. The van der Waals surface area contributed by atoms with Crippen LogP contribution in [0.2, 0.25) is 0 Å². The molecule has 0 amide bonds. The number of carbonyl (C=O) groups is 2. The maximum Gasteiger partial charge on any atom is 0.205 e. The van der Waals surface area contributed by atoms with Gasteiger partial charge in [-0.15, -0.1) is 11.3 Å². The lowest BCUT2D eigenvalue weighted by Gasteiger charge is -2.44. The fraction of sp³-hybridized carbons (Fsp3) is 0.415. The third-order valence-electron chi connectivity index (χ3n) is 12.8. The molecule has 5 aliphatic heterocycles. The molecule has 0 spiro atoms. The lowest BCUT2D eigenvalue weighted by Crippen LogP contribution is -2.47. The predicted molar refractivity (Wildman–Crippen MR) is 272 cm³/mol. The van der Waals surface area contributed by atoms with Crippen LogP contribution in [0.4, 0.5) is 0 Å². The van der Waals surface area contributed by atoms with Crippen LogP contribution in [0.5, 0.6) is 0 Å². The Morgan fingerprint density at radius 2 is 1.42 bits per heavy atom. The van der Waals surface area contributed by atoms with Crippen molar-refractivity contribution in [3.63, 3.8) is 0 Å². The van der Waals surface area contributed by atoms with Crippen LogP contribution in [0.15, 0.2) is 108 Å². The van der Waals surface area contributed by atoms with Gasteiger partial charge in [-0.2, -0.15) is 11.3 Å². The van der Waals surface area contributed by atoms with Gasteiger partial charge in [0.2, 0.25) is 5.78 Å². The Morgan fingerprint density at radius 1 is 0.766 bits per heavy atom. The van der Waals surface area contributed by atoms with Crippen molar-refractivity contribution in [2.75, 3.05) is 32.7 Å². The van der Waals surface area contributed by atoms with E-state index in [2.05, 4.69) is 103 Å². The summed E-state index contributed by atoms with van der Waals surface area (Å²) in [4.78, 5) is 40.8. The van der Waals surface area contributed by atoms with E-state index in [1.54, 1.807) is 11.3 Å². The zero-order valence-electron chi connectivity index (χ0n) is 37.6. The monoisotopic (exact) mass is 1010 g/mol. The van der Waals surface area contributed by atoms with Crippen LogP contribution in [-0.4, -0.2) is 76.2 Å². The summed E-state index contributed by atoms with van der Waals surface area (Å²) in [7, 11) is 0. The molecule has 2 bridgehead atoms. The van der Waals surface area contributed by atoms with E-state index < -0.39 is 0 Å². The van der Waals surface area contributed by atoms with Crippen LogP contribution in [0.1, 0.15) is 109 Å². The highest BCUT2D eigenvalue weighted by Gasteiger charge is 2.35. The second-order valence-electron chi connectivity index (χ2n) is 17.7. The number of Topliss-reactive ketones (excluding diaryl/α,β-unsaturated/α-hetero) is 1. The molecule has 0 saturated carbocycles. The molecule has 9 heterocycles. The molecule has 2 N–H and O–H groups in total. The Balaban J connectivity index is 0.000000131. The summed E-state index contributed by atoms with van der Waals surface area (Å²) in [6.07, 6.45) is 19.3. The molecule has 64 heavy (non-hydrogen) atoms. The number of thiophene rings is 1. The Labute approximate surface area is 402 Å². The number of halogens is 1. The topological polar surface area (TPSA) is 100 Å². The molecular formula is C53H63IN6O2S2. The van der Waals surface area contributed by atoms with Crippen LogP contribution in [0.3, 0.4) is 0 Å². The zero-order chi connectivity index (χ0) is 44.7. The molecule has 2 aromatic carbocycles. The van der Waals surface area contributed by atoms with E-state index in [0.29, 0.717) is 11.7 Å². The number of rotatable bonds is 13. The quantitative estimate of drug-likeness (QED) is 0.0872. The van der Waals surface area contributed by atoms with Crippen molar-refractivity contribution in [2.24, 2.45) is 11.8 Å². The number of benzene rings is 2. The number of nitrogens with one attached hydrogen (secondary N) is 2. The number of aryl methyl sites for hydroxylation is 5. The number of pyridine rings is 2. The van der Waals surface area contributed by atoms with Gasteiger partial charge >= 0.3 is 0 Å². The average Bonchev–Trinajstić information content (AvgIpc) is 3.95. The molecule has 0 radical (unpaired) electrons. The van der Waals surface area contributed by atoms with Crippen LogP contribution in [-0.2, 0) is 19.3 Å². The van der Waals surface area contributed by atoms with Crippen molar-refractivity contribution in [3.8, 4) is 0 Å². The summed E-state index contributed by atoms with van der Waals surface area (Å²) in [5, 5.41) is 11.6. The molecule has 0 unspecified atom stereocenters. The van der Waals surface area contributed by atoms with Gasteiger partial charge in [0.15, 0.2) is 5.78 Å². The SMILES string of the molecule is Cc1ccc(C(=O)C[C@H]2CN3CCC2CC3)cc1.Cc1ccc(Cc2nc(C)c(C(=O)c3ccsc3)s2)cc1.Ic1cncc(CC[C@@H]2CCN2)c1.c1cncc(CC[C@@H]2CCN2)c1. The van der Waals surface area contributed by atoms with Gasteiger partial charge < -0.3 is 15.5 Å². The molecule has 5 fully saturated rings. The molecular weight excluding hydrogens is 944 g/mol. The number of nitrogens with zero attached hydrogens (tertiary/aromatic N) is 4. The maximum atomic E-state index is 12.4. The summed E-state index contributed by atoms with van der Waals surface area (Å²) in [6, 6.07) is 26.2. The Morgan fingerprint density at radius 3 is 1.98 bits per heavy atom.